The molecule has 3 heterocycles. The Kier molecular flexibility index (Phi) is 6.91. The van der Waals surface area contributed by atoms with Crippen LogP contribution in [-0.4, -0.2) is 79.1 Å². The largest absolute Gasteiger partial charge is 0.492 e. The predicted molar refractivity (Wildman–Crippen MR) is 130 cm³/mol. The van der Waals surface area contributed by atoms with Gasteiger partial charge in [-0.15, -0.1) is 11.3 Å². The highest BCUT2D eigenvalue weighted by atomic mass is 32.1. The summed E-state index contributed by atoms with van der Waals surface area (Å²) in [5, 5.41) is 0.964. The van der Waals surface area contributed by atoms with Crippen molar-refractivity contribution in [1.29, 1.82) is 0 Å². The van der Waals surface area contributed by atoms with Crippen molar-refractivity contribution in [3.05, 3.63) is 46.6 Å². The Morgan fingerprint density at radius 1 is 1.12 bits per heavy atom. The zero-order valence-corrected chi connectivity index (χ0v) is 20.1. The quantitative estimate of drug-likeness (QED) is 0.568. The monoisotopic (exact) mass is 453 g/mol. The number of aromatic nitrogens is 2. The van der Waals surface area contributed by atoms with Gasteiger partial charge in [-0.3, -0.25) is 4.79 Å². The fourth-order valence-corrected chi connectivity index (χ4v) is 5.09. The summed E-state index contributed by atoms with van der Waals surface area (Å²) in [6.07, 6.45) is 2.58. The van der Waals surface area contributed by atoms with Crippen molar-refractivity contribution in [1.82, 2.24) is 19.8 Å². The van der Waals surface area contributed by atoms with Gasteiger partial charge in [-0.05, 0) is 51.6 Å². The third-order valence-corrected chi connectivity index (χ3v) is 7.17. The number of carbonyl (C=O) groups is 1. The molecule has 170 valence electrons. The lowest BCUT2D eigenvalue weighted by Crippen LogP contribution is -2.34. The fraction of sp³-hybridized carbons (Fsp3) is 0.458. The summed E-state index contributed by atoms with van der Waals surface area (Å²) in [5.74, 6) is 1.81. The summed E-state index contributed by atoms with van der Waals surface area (Å²) in [6, 6.07) is 8.06. The standard InChI is InChI=1S/C24H31N5O2S/c1-17-6-8-19(9-7-17)31-15-14-28(4)22-20-18(2)21(32-23(20)26-16-25-22)24(30)29-11-5-10-27(3)12-13-29/h6-9,16H,5,10-15H2,1-4H3. The lowest BCUT2D eigenvalue weighted by atomic mass is 10.2. The molecule has 1 aliphatic heterocycles. The molecule has 0 saturated carbocycles. The molecule has 0 spiro atoms. The molecule has 1 amide bonds. The number of carbonyl (C=O) groups excluding carboxylic acids is 1. The summed E-state index contributed by atoms with van der Waals surface area (Å²) in [4.78, 5) is 30.3. The first-order valence-corrected chi connectivity index (χ1v) is 11.9. The van der Waals surface area contributed by atoms with Gasteiger partial charge >= 0.3 is 0 Å². The van der Waals surface area contributed by atoms with E-state index in [-0.39, 0.29) is 5.91 Å². The Morgan fingerprint density at radius 3 is 2.69 bits per heavy atom. The first-order valence-electron chi connectivity index (χ1n) is 11.1. The van der Waals surface area contributed by atoms with Crippen LogP contribution in [0.15, 0.2) is 30.6 Å². The highest BCUT2D eigenvalue weighted by molar-refractivity contribution is 7.20. The molecule has 8 heteroatoms. The van der Waals surface area contributed by atoms with E-state index < -0.39 is 0 Å². The normalized spacial score (nSPS) is 15.1. The van der Waals surface area contributed by atoms with Crippen LogP contribution in [0.3, 0.4) is 0 Å². The van der Waals surface area contributed by atoms with Crippen LogP contribution in [0.4, 0.5) is 5.82 Å². The third-order valence-electron chi connectivity index (χ3n) is 5.99. The first-order chi connectivity index (χ1) is 15.4. The number of anilines is 1. The molecule has 32 heavy (non-hydrogen) atoms. The summed E-state index contributed by atoms with van der Waals surface area (Å²) < 4.78 is 5.89. The lowest BCUT2D eigenvalue weighted by Gasteiger charge is -2.21. The number of rotatable bonds is 6. The van der Waals surface area contributed by atoms with Crippen molar-refractivity contribution >= 4 is 33.3 Å². The van der Waals surface area contributed by atoms with Gasteiger partial charge < -0.3 is 19.4 Å². The maximum Gasteiger partial charge on any atom is 0.264 e. The van der Waals surface area contributed by atoms with Gasteiger partial charge in [0.15, 0.2) is 0 Å². The van der Waals surface area contributed by atoms with Crippen molar-refractivity contribution in [3.8, 4) is 5.75 Å². The molecule has 4 rings (SSSR count). The molecule has 7 nitrogen and oxygen atoms in total. The molecule has 1 fully saturated rings. The minimum absolute atomic E-state index is 0.108. The average Bonchev–Trinajstić information content (AvgIpc) is 2.97. The average molecular weight is 454 g/mol. The second kappa shape index (κ2) is 9.83. The first kappa shape index (κ1) is 22.5. The molecular weight excluding hydrogens is 422 g/mol. The number of nitrogens with zero attached hydrogens (tertiary/aromatic N) is 5. The Hall–Kier alpha value is -2.71. The van der Waals surface area contributed by atoms with Gasteiger partial charge in [0.2, 0.25) is 0 Å². The molecule has 0 bridgehead atoms. The van der Waals surface area contributed by atoms with Crippen molar-refractivity contribution in [3.63, 3.8) is 0 Å². The lowest BCUT2D eigenvalue weighted by molar-refractivity contribution is 0.0767. The molecule has 0 atom stereocenters. The third kappa shape index (κ3) is 4.86. The molecule has 0 radical (unpaired) electrons. The molecule has 0 unspecified atom stereocenters. The second-order valence-corrected chi connectivity index (χ2v) is 9.46. The number of hydrogen-bond acceptors (Lipinski definition) is 7. The molecule has 0 aliphatic carbocycles. The SMILES string of the molecule is Cc1ccc(OCCN(C)c2ncnc3sc(C(=O)N4CCCN(C)CC4)c(C)c23)cc1. The topological polar surface area (TPSA) is 61.8 Å². The number of aryl methyl sites for hydroxylation is 2. The van der Waals surface area contributed by atoms with Gasteiger partial charge in [-0.2, -0.15) is 0 Å². The van der Waals surface area contributed by atoms with Gasteiger partial charge in [0, 0.05) is 26.7 Å². The Bertz CT molecular complexity index is 1080. The molecular formula is C24H31N5O2S. The van der Waals surface area contributed by atoms with Gasteiger partial charge in [0.25, 0.3) is 5.91 Å². The van der Waals surface area contributed by atoms with E-state index in [4.69, 9.17) is 4.74 Å². The van der Waals surface area contributed by atoms with Crippen LogP contribution in [-0.2, 0) is 0 Å². The zero-order valence-electron chi connectivity index (χ0n) is 19.3. The summed E-state index contributed by atoms with van der Waals surface area (Å²) in [7, 11) is 4.11. The molecule has 1 aromatic carbocycles. The number of likely N-dealkylation sites (N-methyl/N-ethyl adjacent to an activating group) is 2. The summed E-state index contributed by atoms with van der Waals surface area (Å²) in [5.41, 5.74) is 2.18. The Morgan fingerprint density at radius 2 is 1.91 bits per heavy atom. The van der Waals surface area contributed by atoms with E-state index in [0.29, 0.717) is 13.2 Å². The van der Waals surface area contributed by atoms with E-state index in [2.05, 4.69) is 33.7 Å². The van der Waals surface area contributed by atoms with Gasteiger partial charge in [0.1, 0.15) is 29.3 Å². The van der Waals surface area contributed by atoms with E-state index in [1.807, 2.05) is 43.1 Å². The molecule has 0 N–H and O–H groups in total. The number of amides is 1. The fourth-order valence-electron chi connectivity index (χ4n) is 3.98. The van der Waals surface area contributed by atoms with Gasteiger partial charge in [-0.25, -0.2) is 9.97 Å². The van der Waals surface area contributed by atoms with Crippen molar-refractivity contribution < 1.29 is 9.53 Å². The van der Waals surface area contributed by atoms with Crippen LogP contribution in [0.5, 0.6) is 5.75 Å². The van der Waals surface area contributed by atoms with Gasteiger partial charge in [-0.1, -0.05) is 17.7 Å². The minimum atomic E-state index is 0.108. The minimum Gasteiger partial charge on any atom is -0.492 e. The number of fused-ring (bicyclic) bond motifs is 1. The van der Waals surface area contributed by atoms with E-state index in [1.165, 1.54) is 16.9 Å². The van der Waals surface area contributed by atoms with Crippen molar-refractivity contribution in [2.24, 2.45) is 0 Å². The van der Waals surface area contributed by atoms with Crippen LogP contribution in [0.2, 0.25) is 0 Å². The summed E-state index contributed by atoms with van der Waals surface area (Å²) >= 11 is 1.47. The second-order valence-electron chi connectivity index (χ2n) is 8.47. The van der Waals surface area contributed by atoms with E-state index in [0.717, 1.165) is 64.8 Å². The van der Waals surface area contributed by atoms with Crippen LogP contribution in [0.25, 0.3) is 10.2 Å². The Balaban J connectivity index is 1.50. The van der Waals surface area contributed by atoms with Crippen molar-refractivity contribution in [2.75, 3.05) is 58.3 Å². The zero-order chi connectivity index (χ0) is 22.7. The van der Waals surface area contributed by atoms with Crippen LogP contribution >= 0.6 is 11.3 Å². The smallest absolute Gasteiger partial charge is 0.264 e. The Labute approximate surface area is 193 Å². The maximum absolute atomic E-state index is 13.3. The molecule has 1 aliphatic rings. The highest BCUT2D eigenvalue weighted by Gasteiger charge is 2.25. The molecule has 2 aromatic heterocycles. The van der Waals surface area contributed by atoms with Crippen molar-refractivity contribution in [2.45, 2.75) is 20.3 Å². The molecule has 3 aromatic rings. The predicted octanol–water partition coefficient (Wildman–Crippen LogP) is 3.60. The number of thiophene rings is 1. The van der Waals surface area contributed by atoms with Crippen LogP contribution in [0, 0.1) is 13.8 Å². The summed E-state index contributed by atoms with van der Waals surface area (Å²) in [6.45, 7) is 8.79. The van der Waals surface area contributed by atoms with E-state index in [1.54, 1.807) is 6.33 Å². The van der Waals surface area contributed by atoms with Gasteiger partial charge in [0.05, 0.1) is 16.8 Å². The van der Waals surface area contributed by atoms with E-state index in [9.17, 15) is 4.79 Å². The number of benzene rings is 1. The van der Waals surface area contributed by atoms with E-state index >= 15 is 0 Å². The number of hydrogen-bond donors (Lipinski definition) is 0. The number of ether oxygens (including phenoxy) is 1. The van der Waals surface area contributed by atoms with Crippen LogP contribution < -0.4 is 9.64 Å². The molecule has 1 saturated heterocycles. The van der Waals surface area contributed by atoms with Crippen LogP contribution in [0.1, 0.15) is 27.2 Å². The maximum atomic E-state index is 13.3. The highest BCUT2D eigenvalue weighted by Crippen LogP contribution is 2.35.